The van der Waals surface area contributed by atoms with E-state index in [2.05, 4.69) is 15.3 Å². The third kappa shape index (κ3) is 3.57. The van der Waals surface area contributed by atoms with Crippen LogP contribution in [-0.4, -0.2) is 25.7 Å². The van der Waals surface area contributed by atoms with E-state index >= 15 is 0 Å². The number of carbonyl (C=O) groups is 1. The Morgan fingerprint density at radius 2 is 2.21 bits per heavy atom. The van der Waals surface area contributed by atoms with Gasteiger partial charge in [-0.15, -0.1) is 0 Å². The maximum Gasteiger partial charge on any atom is 0.238 e. The predicted molar refractivity (Wildman–Crippen MR) is 76.1 cm³/mol. The molecule has 1 N–H and O–H groups in total. The molecule has 0 bridgehead atoms. The average molecular weight is 276 g/mol. The van der Waals surface area contributed by atoms with E-state index in [0.717, 1.165) is 10.7 Å². The molecule has 0 spiro atoms. The van der Waals surface area contributed by atoms with Gasteiger partial charge in [-0.1, -0.05) is 11.8 Å². The van der Waals surface area contributed by atoms with Crippen LogP contribution >= 0.6 is 11.8 Å². The lowest BCUT2D eigenvalue weighted by atomic mass is 10.3. The van der Waals surface area contributed by atoms with Gasteiger partial charge in [0.25, 0.3) is 0 Å². The molecule has 0 saturated heterocycles. The molecule has 6 heteroatoms. The molecular weight excluding hydrogens is 260 g/mol. The average Bonchev–Trinajstić information content (AvgIpc) is 2.75. The quantitative estimate of drug-likeness (QED) is 0.870. The number of nitrogens with zero attached hydrogens (tertiary/aromatic N) is 3. The number of pyridine rings is 1. The van der Waals surface area contributed by atoms with E-state index in [4.69, 9.17) is 0 Å². The Bertz CT molecular complexity index is 582. The highest BCUT2D eigenvalue weighted by molar-refractivity contribution is 8.00. The van der Waals surface area contributed by atoms with E-state index in [1.54, 1.807) is 12.4 Å². The van der Waals surface area contributed by atoms with E-state index in [1.807, 2.05) is 43.8 Å². The molecule has 5 nitrogen and oxygen atoms in total. The van der Waals surface area contributed by atoms with Gasteiger partial charge in [0, 0.05) is 25.6 Å². The zero-order valence-corrected chi connectivity index (χ0v) is 11.9. The first-order valence-electron chi connectivity index (χ1n) is 5.94. The molecular formula is C13H16N4OS. The van der Waals surface area contributed by atoms with Crippen LogP contribution in [0.5, 0.6) is 0 Å². The standard InChI is InChI=1S/C13H16N4OS/c1-9-4-5-14-11(8-9)16-12(18)10(2)19-13-15-6-7-17(13)3/h4-8,10H,1-3H3,(H,14,16,18). The van der Waals surface area contributed by atoms with Crippen molar-refractivity contribution in [2.45, 2.75) is 24.3 Å². The van der Waals surface area contributed by atoms with Crippen LogP contribution in [0.1, 0.15) is 12.5 Å². The fourth-order valence-corrected chi connectivity index (χ4v) is 2.34. The second-order valence-electron chi connectivity index (χ2n) is 4.29. The molecule has 0 aliphatic heterocycles. The minimum Gasteiger partial charge on any atom is -0.329 e. The zero-order valence-electron chi connectivity index (χ0n) is 11.1. The van der Waals surface area contributed by atoms with E-state index in [0.29, 0.717) is 5.82 Å². The summed E-state index contributed by atoms with van der Waals surface area (Å²) in [5, 5.41) is 3.39. The Kier molecular flexibility index (Phi) is 4.21. The Labute approximate surface area is 116 Å². The molecule has 2 aromatic heterocycles. The lowest BCUT2D eigenvalue weighted by Gasteiger charge is -2.11. The first-order chi connectivity index (χ1) is 9.06. The van der Waals surface area contributed by atoms with Crippen molar-refractivity contribution in [3.63, 3.8) is 0 Å². The summed E-state index contributed by atoms with van der Waals surface area (Å²) in [6, 6.07) is 3.73. The van der Waals surface area contributed by atoms with Gasteiger partial charge in [-0.25, -0.2) is 9.97 Å². The third-order valence-corrected chi connectivity index (χ3v) is 3.77. The Morgan fingerprint density at radius 3 is 2.84 bits per heavy atom. The molecule has 0 aliphatic carbocycles. The van der Waals surface area contributed by atoms with Gasteiger partial charge in [-0.2, -0.15) is 0 Å². The number of anilines is 1. The van der Waals surface area contributed by atoms with Crippen molar-refractivity contribution in [2.75, 3.05) is 5.32 Å². The van der Waals surface area contributed by atoms with Gasteiger partial charge in [0.15, 0.2) is 5.16 Å². The first kappa shape index (κ1) is 13.6. The van der Waals surface area contributed by atoms with Crippen molar-refractivity contribution in [1.82, 2.24) is 14.5 Å². The highest BCUT2D eigenvalue weighted by Crippen LogP contribution is 2.21. The number of hydrogen-bond donors (Lipinski definition) is 1. The molecule has 0 radical (unpaired) electrons. The number of rotatable bonds is 4. The van der Waals surface area contributed by atoms with Gasteiger partial charge >= 0.3 is 0 Å². The van der Waals surface area contributed by atoms with Crippen LogP contribution in [0, 0.1) is 6.92 Å². The van der Waals surface area contributed by atoms with E-state index in [9.17, 15) is 4.79 Å². The van der Waals surface area contributed by atoms with Crippen molar-refractivity contribution in [1.29, 1.82) is 0 Å². The molecule has 0 fully saturated rings. The first-order valence-corrected chi connectivity index (χ1v) is 6.81. The van der Waals surface area contributed by atoms with Gasteiger partial charge in [0.2, 0.25) is 5.91 Å². The highest BCUT2D eigenvalue weighted by Gasteiger charge is 2.17. The highest BCUT2D eigenvalue weighted by atomic mass is 32.2. The summed E-state index contributed by atoms with van der Waals surface area (Å²) in [4.78, 5) is 20.4. The van der Waals surface area contributed by atoms with Crippen LogP contribution in [0.3, 0.4) is 0 Å². The Hall–Kier alpha value is -1.82. The molecule has 0 aliphatic rings. The Balaban J connectivity index is 1.98. The summed E-state index contributed by atoms with van der Waals surface area (Å²) >= 11 is 1.42. The summed E-state index contributed by atoms with van der Waals surface area (Å²) < 4.78 is 1.89. The molecule has 0 aromatic carbocycles. The van der Waals surface area contributed by atoms with Crippen molar-refractivity contribution < 1.29 is 4.79 Å². The fourth-order valence-electron chi connectivity index (χ4n) is 1.51. The number of aromatic nitrogens is 3. The Morgan fingerprint density at radius 1 is 1.42 bits per heavy atom. The smallest absolute Gasteiger partial charge is 0.238 e. The van der Waals surface area contributed by atoms with Crippen molar-refractivity contribution >= 4 is 23.5 Å². The van der Waals surface area contributed by atoms with Crippen molar-refractivity contribution in [3.8, 4) is 0 Å². The molecule has 1 amide bonds. The lowest BCUT2D eigenvalue weighted by Crippen LogP contribution is -2.23. The largest absolute Gasteiger partial charge is 0.329 e. The molecule has 1 atom stereocenters. The normalized spacial score (nSPS) is 12.2. The zero-order chi connectivity index (χ0) is 13.8. The molecule has 2 aromatic rings. The van der Waals surface area contributed by atoms with Gasteiger partial charge in [0.1, 0.15) is 5.82 Å². The van der Waals surface area contributed by atoms with Gasteiger partial charge in [-0.05, 0) is 31.5 Å². The van der Waals surface area contributed by atoms with Gasteiger partial charge in [0.05, 0.1) is 5.25 Å². The van der Waals surface area contributed by atoms with Gasteiger partial charge < -0.3 is 9.88 Å². The van der Waals surface area contributed by atoms with Crippen LogP contribution in [0.25, 0.3) is 0 Å². The number of aryl methyl sites for hydroxylation is 2. The van der Waals surface area contributed by atoms with E-state index in [1.165, 1.54) is 11.8 Å². The van der Waals surface area contributed by atoms with Crippen LogP contribution in [0.15, 0.2) is 35.9 Å². The van der Waals surface area contributed by atoms with Crippen molar-refractivity contribution in [3.05, 3.63) is 36.3 Å². The third-order valence-electron chi connectivity index (χ3n) is 2.60. The van der Waals surface area contributed by atoms with Crippen molar-refractivity contribution in [2.24, 2.45) is 7.05 Å². The van der Waals surface area contributed by atoms with Crippen LogP contribution in [0.4, 0.5) is 5.82 Å². The number of carbonyl (C=O) groups excluding carboxylic acids is 1. The fraction of sp³-hybridized carbons (Fsp3) is 0.308. The second kappa shape index (κ2) is 5.88. The second-order valence-corrected chi connectivity index (χ2v) is 5.60. The number of nitrogens with one attached hydrogen (secondary N) is 1. The minimum absolute atomic E-state index is 0.0777. The lowest BCUT2D eigenvalue weighted by molar-refractivity contribution is -0.115. The SMILES string of the molecule is Cc1ccnc(NC(=O)C(C)Sc2nccn2C)c1. The molecule has 1 unspecified atom stereocenters. The maximum atomic E-state index is 12.1. The minimum atomic E-state index is -0.233. The molecule has 2 rings (SSSR count). The maximum absolute atomic E-state index is 12.1. The summed E-state index contributed by atoms with van der Waals surface area (Å²) in [5.41, 5.74) is 1.06. The summed E-state index contributed by atoms with van der Waals surface area (Å²) in [5.74, 6) is 0.503. The summed E-state index contributed by atoms with van der Waals surface area (Å²) in [6.45, 7) is 3.81. The molecule has 19 heavy (non-hydrogen) atoms. The predicted octanol–water partition coefficient (Wildman–Crippen LogP) is 2.24. The number of thioether (sulfide) groups is 1. The van der Waals surface area contributed by atoms with Gasteiger partial charge in [-0.3, -0.25) is 4.79 Å². The monoisotopic (exact) mass is 276 g/mol. The van der Waals surface area contributed by atoms with E-state index < -0.39 is 0 Å². The number of imidazole rings is 1. The van der Waals surface area contributed by atoms with Crippen LogP contribution < -0.4 is 5.32 Å². The summed E-state index contributed by atoms with van der Waals surface area (Å²) in [6.07, 6.45) is 5.26. The topological polar surface area (TPSA) is 59.8 Å². The molecule has 0 saturated carbocycles. The van der Waals surface area contributed by atoms with E-state index in [-0.39, 0.29) is 11.2 Å². The summed E-state index contributed by atoms with van der Waals surface area (Å²) in [7, 11) is 1.90. The number of amides is 1. The van der Waals surface area contributed by atoms with Crippen LogP contribution in [0.2, 0.25) is 0 Å². The molecule has 2 heterocycles. The number of hydrogen-bond acceptors (Lipinski definition) is 4. The molecule has 100 valence electrons. The van der Waals surface area contributed by atoms with Crippen LogP contribution in [-0.2, 0) is 11.8 Å².